The number of hydrogen-bond acceptors (Lipinski definition) is 4. The van der Waals surface area contributed by atoms with Crippen molar-refractivity contribution in [3.63, 3.8) is 0 Å². The minimum Gasteiger partial charge on any atom is -0.379 e. The molecule has 0 atom stereocenters. The molecule has 13 heavy (non-hydrogen) atoms. The number of rotatable bonds is 3. The van der Waals surface area contributed by atoms with E-state index in [2.05, 4.69) is 36.8 Å². The first-order chi connectivity index (χ1) is 6.05. The van der Waals surface area contributed by atoms with Gasteiger partial charge in [0.25, 0.3) is 0 Å². The van der Waals surface area contributed by atoms with E-state index in [1.165, 1.54) is 12.3 Å². The minimum absolute atomic E-state index is 0.182. The van der Waals surface area contributed by atoms with E-state index in [0.29, 0.717) is 4.60 Å². The second-order valence-electron chi connectivity index (χ2n) is 2.04. The van der Waals surface area contributed by atoms with Crippen LogP contribution in [0.15, 0.2) is 22.9 Å². The Bertz CT molecular complexity index is 393. The fourth-order valence-corrected chi connectivity index (χ4v) is 1.76. The zero-order valence-electron chi connectivity index (χ0n) is 6.28. The lowest BCUT2D eigenvalue weighted by molar-refractivity contribution is 0.489. The summed E-state index contributed by atoms with van der Waals surface area (Å²) in [7, 11) is -3.55. The Morgan fingerprint density at radius 3 is 2.77 bits per heavy atom. The van der Waals surface area contributed by atoms with Gasteiger partial charge in [-0.1, -0.05) is 15.9 Å². The van der Waals surface area contributed by atoms with Gasteiger partial charge in [-0.05, 0) is 28.1 Å². The highest BCUT2D eigenvalue weighted by atomic mass is 79.9. The molecule has 0 bridgehead atoms. The fourth-order valence-electron chi connectivity index (χ4n) is 0.593. The summed E-state index contributed by atoms with van der Waals surface area (Å²) in [4.78, 5) is 3.81. The first-order valence-electron chi connectivity index (χ1n) is 3.14. The summed E-state index contributed by atoms with van der Waals surface area (Å²) >= 11 is 5.87. The Labute approximate surface area is 92.7 Å². The third-order valence-electron chi connectivity index (χ3n) is 1.08. The number of nitrogens with zero attached hydrogens (tertiary/aromatic N) is 1. The van der Waals surface area contributed by atoms with Gasteiger partial charge in [0.2, 0.25) is 0 Å². The standard InChI is InChI=1S/C6H5Br2NO3S/c7-4-13(10,11)12-5-2-1-3-9-6(5)8/h1-3H,4H2. The van der Waals surface area contributed by atoms with Gasteiger partial charge in [0.1, 0.15) is 9.27 Å². The maximum Gasteiger partial charge on any atom is 0.319 e. The Morgan fingerprint density at radius 2 is 2.23 bits per heavy atom. The van der Waals surface area contributed by atoms with Crippen LogP contribution in [0.3, 0.4) is 0 Å². The highest BCUT2D eigenvalue weighted by Gasteiger charge is 2.12. The third kappa shape index (κ3) is 3.24. The first-order valence-corrected chi connectivity index (χ1v) is 6.63. The van der Waals surface area contributed by atoms with Crippen LogP contribution >= 0.6 is 31.9 Å². The lowest BCUT2D eigenvalue weighted by Gasteiger charge is -2.04. The molecule has 0 aliphatic carbocycles. The van der Waals surface area contributed by atoms with Crippen molar-refractivity contribution in [2.45, 2.75) is 0 Å². The van der Waals surface area contributed by atoms with Crippen molar-refractivity contribution in [1.29, 1.82) is 0 Å². The molecule has 1 heterocycles. The molecule has 0 spiro atoms. The summed E-state index contributed by atoms with van der Waals surface area (Å²) in [6, 6.07) is 3.10. The van der Waals surface area contributed by atoms with E-state index >= 15 is 0 Å². The third-order valence-corrected chi connectivity index (χ3v) is 4.05. The van der Waals surface area contributed by atoms with Crippen molar-refractivity contribution >= 4 is 42.0 Å². The van der Waals surface area contributed by atoms with Gasteiger partial charge in [-0.15, -0.1) is 0 Å². The van der Waals surface area contributed by atoms with Crippen molar-refractivity contribution in [3.8, 4) is 5.75 Å². The molecule has 1 aromatic heterocycles. The predicted octanol–water partition coefficient (Wildman–Crippen LogP) is 1.91. The van der Waals surface area contributed by atoms with Gasteiger partial charge in [-0.25, -0.2) is 4.98 Å². The lowest BCUT2D eigenvalue weighted by atomic mass is 10.5. The van der Waals surface area contributed by atoms with Gasteiger partial charge >= 0.3 is 10.1 Å². The summed E-state index contributed by atoms with van der Waals surface area (Å²) in [5, 5.41) is 0. The van der Waals surface area contributed by atoms with Crippen LogP contribution in [0, 0.1) is 0 Å². The number of pyridine rings is 1. The Balaban J connectivity index is 2.93. The summed E-state index contributed by atoms with van der Waals surface area (Å²) in [5.74, 6) is 0.182. The molecule has 0 aliphatic heterocycles. The topological polar surface area (TPSA) is 56.3 Å². The van der Waals surface area contributed by atoms with Gasteiger partial charge in [0.15, 0.2) is 5.75 Å². The smallest absolute Gasteiger partial charge is 0.319 e. The second-order valence-corrected chi connectivity index (χ2v) is 5.67. The van der Waals surface area contributed by atoms with Crippen LogP contribution in [0.5, 0.6) is 5.75 Å². The number of hydrogen-bond donors (Lipinski definition) is 0. The van der Waals surface area contributed by atoms with Crippen LogP contribution in [0.2, 0.25) is 0 Å². The van der Waals surface area contributed by atoms with E-state index in [1.54, 1.807) is 6.07 Å². The summed E-state index contributed by atoms with van der Waals surface area (Å²) < 4.78 is 26.8. The maximum absolute atomic E-state index is 11.0. The Kier molecular flexibility index (Phi) is 3.69. The summed E-state index contributed by atoms with van der Waals surface area (Å²) in [6.45, 7) is 0. The summed E-state index contributed by atoms with van der Waals surface area (Å²) in [6.07, 6.45) is 1.53. The SMILES string of the molecule is O=S(=O)(CBr)Oc1cccnc1Br. The highest BCUT2D eigenvalue weighted by Crippen LogP contribution is 2.22. The van der Waals surface area contributed by atoms with Gasteiger partial charge in [0, 0.05) is 6.20 Å². The van der Waals surface area contributed by atoms with Crippen molar-refractivity contribution in [3.05, 3.63) is 22.9 Å². The molecule has 4 nitrogen and oxygen atoms in total. The fraction of sp³-hybridized carbons (Fsp3) is 0.167. The molecule has 72 valence electrons. The van der Waals surface area contributed by atoms with E-state index in [0.717, 1.165) is 0 Å². The molecule has 1 aromatic rings. The normalized spacial score (nSPS) is 11.2. The van der Waals surface area contributed by atoms with Crippen LogP contribution in [0.4, 0.5) is 0 Å². The van der Waals surface area contributed by atoms with Crippen LogP contribution < -0.4 is 4.18 Å². The highest BCUT2D eigenvalue weighted by molar-refractivity contribution is 9.11. The van der Waals surface area contributed by atoms with E-state index in [1.807, 2.05) is 0 Å². The van der Waals surface area contributed by atoms with E-state index in [-0.39, 0.29) is 10.4 Å². The molecule has 0 saturated carbocycles. The number of halogens is 2. The average Bonchev–Trinajstić information content (AvgIpc) is 2.09. The molecule has 0 amide bonds. The Morgan fingerprint density at radius 1 is 1.54 bits per heavy atom. The zero-order valence-corrected chi connectivity index (χ0v) is 10.3. The van der Waals surface area contributed by atoms with Crippen LogP contribution in [-0.4, -0.2) is 18.1 Å². The van der Waals surface area contributed by atoms with E-state index in [9.17, 15) is 8.42 Å². The van der Waals surface area contributed by atoms with Gasteiger partial charge < -0.3 is 4.18 Å². The maximum atomic E-state index is 11.0. The van der Waals surface area contributed by atoms with Gasteiger partial charge in [-0.2, -0.15) is 8.42 Å². The molecular formula is C6H5Br2NO3S. The molecule has 0 radical (unpaired) electrons. The summed E-state index contributed by atoms with van der Waals surface area (Å²) in [5.41, 5.74) is 0. The molecule has 0 unspecified atom stereocenters. The Hall–Kier alpha value is -0.140. The van der Waals surface area contributed by atoms with Crippen LogP contribution in [0.1, 0.15) is 0 Å². The zero-order chi connectivity index (χ0) is 9.90. The van der Waals surface area contributed by atoms with E-state index in [4.69, 9.17) is 4.18 Å². The molecule has 0 N–H and O–H groups in total. The van der Waals surface area contributed by atoms with Gasteiger partial charge in [-0.3, -0.25) is 0 Å². The molecular weight excluding hydrogens is 326 g/mol. The first kappa shape index (κ1) is 10.9. The van der Waals surface area contributed by atoms with Crippen molar-refractivity contribution in [1.82, 2.24) is 4.98 Å². The lowest BCUT2D eigenvalue weighted by Crippen LogP contribution is -2.10. The number of aromatic nitrogens is 1. The van der Waals surface area contributed by atoms with Crippen molar-refractivity contribution in [2.75, 3.05) is 4.66 Å². The van der Waals surface area contributed by atoms with Gasteiger partial charge in [0.05, 0.1) is 0 Å². The predicted molar refractivity (Wildman–Crippen MR) is 55.3 cm³/mol. The monoisotopic (exact) mass is 329 g/mol. The molecule has 1 rings (SSSR count). The molecule has 0 aliphatic rings. The second kappa shape index (κ2) is 4.39. The minimum atomic E-state index is -3.55. The molecule has 7 heteroatoms. The number of alkyl halides is 1. The average molecular weight is 331 g/mol. The molecule has 0 saturated heterocycles. The van der Waals surface area contributed by atoms with E-state index < -0.39 is 10.1 Å². The van der Waals surface area contributed by atoms with Crippen molar-refractivity contribution < 1.29 is 12.6 Å². The van der Waals surface area contributed by atoms with Crippen LogP contribution in [-0.2, 0) is 10.1 Å². The largest absolute Gasteiger partial charge is 0.379 e. The molecule has 0 fully saturated rings. The quantitative estimate of drug-likeness (QED) is 0.482. The molecule has 0 aromatic carbocycles. The van der Waals surface area contributed by atoms with Crippen molar-refractivity contribution in [2.24, 2.45) is 0 Å². The van der Waals surface area contributed by atoms with Crippen LogP contribution in [0.25, 0.3) is 0 Å².